The lowest BCUT2D eigenvalue weighted by Gasteiger charge is -2.08. The first-order valence-corrected chi connectivity index (χ1v) is 7.43. The lowest BCUT2D eigenvalue weighted by molar-refractivity contribution is -0.126. The van der Waals surface area contributed by atoms with Crippen molar-refractivity contribution in [3.63, 3.8) is 0 Å². The van der Waals surface area contributed by atoms with Crippen molar-refractivity contribution in [1.29, 1.82) is 0 Å². The van der Waals surface area contributed by atoms with Gasteiger partial charge in [0.25, 0.3) is 0 Å². The zero-order valence-electron chi connectivity index (χ0n) is 13.6. The molecule has 126 valence electrons. The molecule has 0 saturated heterocycles. The maximum absolute atomic E-state index is 13.6. The van der Waals surface area contributed by atoms with Gasteiger partial charge < -0.3 is 15.4 Å². The SMILES string of the molecule is COc1ccc(CNC(=O)CC(=O)Nc2cccc(C)c2)cc1F. The summed E-state index contributed by atoms with van der Waals surface area (Å²) in [5.74, 6) is -1.19. The number of carbonyl (C=O) groups excluding carboxylic acids is 2. The molecule has 2 aromatic carbocycles. The Kier molecular flexibility index (Phi) is 5.89. The Bertz CT molecular complexity index is 747. The molecule has 5 nitrogen and oxygen atoms in total. The quantitative estimate of drug-likeness (QED) is 0.800. The summed E-state index contributed by atoms with van der Waals surface area (Å²) < 4.78 is 18.4. The molecule has 0 radical (unpaired) electrons. The van der Waals surface area contributed by atoms with Crippen molar-refractivity contribution < 1.29 is 18.7 Å². The molecule has 2 aromatic rings. The van der Waals surface area contributed by atoms with E-state index in [1.54, 1.807) is 12.1 Å². The third-order valence-electron chi connectivity index (χ3n) is 3.33. The molecule has 24 heavy (non-hydrogen) atoms. The zero-order valence-corrected chi connectivity index (χ0v) is 13.6. The zero-order chi connectivity index (χ0) is 17.5. The fraction of sp³-hybridized carbons (Fsp3) is 0.222. The number of ether oxygens (including phenoxy) is 1. The van der Waals surface area contributed by atoms with Crippen LogP contribution < -0.4 is 15.4 Å². The van der Waals surface area contributed by atoms with E-state index in [-0.39, 0.29) is 18.7 Å². The molecular formula is C18H19FN2O3. The predicted octanol–water partition coefficient (Wildman–Crippen LogP) is 2.79. The van der Waals surface area contributed by atoms with Crippen molar-refractivity contribution in [2.75, 3.05) is 12.4 Å². The van der Waals surface area contributed by atoms with E-state index >= 15 is 0 Å². The monoisotopic (exact) mass is 330 g/mol. The number of aryl methyl sites for hydroxylation is 1. The summed E-state index contributed by atoms with van der Waals surface area (Å²) >= 11 is 0. The first-order chi connectivity index (χ1) is 11.5. The number of halogens is 1. The molecule has 0 heterocycles. The molecule has 0 bridgehead atoms. The number of hydrogen-bond donors (Lipinski definition) is 2. The fourth-order valence-corrected chi connectivity index (χ4v) is 2.16. The highest BCUT2D eigenvalue weighted by molar-refractivity contribution is 6.03. The van der Waals surface area contributed by atoms with Gasteiger partial charge in [-0.15, -0.1) is 0 Å². The third kappa shape index (κ3) is 5.08. The van der Waals surface area contributed by atoms with Gasteiger partial charge in [-0.3, -0.25) is 9.59 Å². The van der Waals surface area contributed by atoms with E-state index in [9.17, 15) is 14.0 Å². The van der Waals surface area contributed by atoms with Crippen LogP contribution in [0.25, 0.3) is 0 Å². The van der Waals surface area contributed by atoms with Gasteiger partial charge >= 0.3 is 0 Å². The molecular weight excluding hydrogens is 311 g/mol. The topological polar surface area (TPSA) is 67.4 Å². The number of hydrogen-bond acceptors (Lipinski definition) is 3. The average molecular weight is 330 g/mol. The molecule has 0 aliphatic carbocycles. The van der Waals surface area contributed by atoms with Crippen molar-refractivity contribution in [3.8, 4) is 5.75 Å². The van der Waals surface area contributed by atoms with Gasteiger partial charge in [0.2, 0.25) is 11.8 Å². The molecule has 0 spiro atoms. The Morgan fingerprint density at radius 3 is 2.58 bits per heavy atom. The molecule has 0 aliphatic rings. The van der Waals surface area contributed by atoms with E-state index in [0.717, 1.165) is 5.56 Å². The second kappa shape index (κ2) is 8.10. The fourth-order valence-electron chi connectivity index (χ4n) is 2.16. The largest absolute Gasteiger partial charge is 0.494 e. The van der Waals surface area contributed by atoms with E-state index < -0.39 is 17.6 Å². The predicted molar refractivity (Wildman–Crippen MR) is 89.2 cm³/mol. The van der Waals surface area contributed by atoms with Gasteiger partial charge in [-0.2, -0.15) is 0 Å². The van der Waals surface area contributed by atoms with Crippen LogP contribution in [0.2, 0.25) is 0 Å². The molecule has 0 aromatic heterocycles. The number of anilines is 1. The maximum atomic E-state index is 13.6. The summed E-state index contributed by atoms with van der Waals surface area (Å²) in [4.78, 5) is 23.6. The molecule has 0 fully saturated rings. The van der Waals surface area contributed by atoms with Crippen LogP contribution in [0, 0.1) is 12.7 Å². The van der Waals surface area contributed by atoms with Crippen LogP contribution in [0.3, 0.4) is 0 Å². The van der Waals surface area contributed by atoms with Gasteiger partial charge in [0.1, 0.15) is 6.42 Å². The van der Waals surface area contributed by atoms with Crippen LogP contribution in [-0.4, -0.2) is 18.9 Å². The van der Waals surface area contributed by atoms with Crippen molar-refractivity contribution in [1.82, 2.24) is 5.32 Å². The van der Waals surface area contributed by atoms with Crippen LogP contribution in [0.15, 0.2) is 42.5 Å². The second-order valence-electron chi connectivity index (χ2n) is 5.34. The summed E-state index contributed by atoms with van der Waals surface area (Å²) in [6.45, 7) is 2.05. The van der Waals surface area contributed by atoms with E-state index in [2.05, 4.69) is 10.6 Å². The molecule has 0 atom stereocenters. The summed E-state index contributed by atoms with van der Waals surface area (Å²) in [6, 6.07) is 11.7. The summed E-state index contributed by atoms with van der Waals surface area (Å²) in [5, 5.41) is 5.24. The van der Waals surface area contributed by atoms with E-state index in [1.165, 1.54) is 19.2 Å². The van der Waals surface area contributed by atoms with Crippen molar-refractivity contribution in [3.05, 3.63) is 59.4 Å². The van der Waals surface area contributed by atoms with Gasteiger partial charge in [-0.1, -0.05) is 18.2 Å². The highest BCUT2D eigenvalue weighted by Crippen LogP contribution is 2.17. The van der Waals surface area contributed by atoms with Crippen LogP contribution in [-0.2, 0) is 16.1 Å². The lowest BCUT2D eigenvalue weighted by atomic mass is 10.2. The minimum atomic E-state index is -0.499. The van der Waals surface area contributed by atoms with Crippen molar-refractivity contribution in [2.45, 2.75) is 19.9 Å². The molecule has 6 heteroatoms. The van der Waals surface area contributed by atoms with Crippen LogP contribution in [0.4, 0.5) is 10.1 Å². The summed E-state index contributed by atoms with van der Waals surface area (Å²) in [5.41, 5.74) is 2.24. The van der Waals surface area contributed by atoms with Crippen molar-refractivity contribution in [2.24, 2.45) is 0 Å². The van der Waals surface area contributed by atoms with Gasteiger partial charge in [-0.05, 0) is 42.3 Å². The molecule has 2 amide bonds. The van der Waals surface area contributed by atoms with Crippen LogP contribution >= 0.6 is 0 Å². The lowest BCUT2D eigenvalue weighted by Crippen LogP contribution is -2.27. The number of nitrogens with one attached hydrogen (secondary N) is 2. The molecule has 0 saturated carbocycles. The molecule has 2 rings (SSSR count). The number of amides is 2. The first kappa shape index (κ1) is 17.5. The van der Waals surface area contributed by atoms with E-state index in [0.29, 0.717) is 11.3 Å². The van der Waals surface area contributed by atoms with Gasteiger partial charge in [0.05, 0.1) is 7.11 Å². The van der Waals surface area contributed by atoms with Gasteiger partial charge in [-0.25, -0.2) is 4.39 Å². The Morgan fingerprint density at radius 1 is 1.12 bits per heavy atom. The molecule has 2 N–H and O–H groups in total. The molecule has 0 aliphatic heterocycles. The van der Waals surface area contributed by atoms with Crippen molar-refractivity contribution >= 4 is 17.5 Å². The van der Waals surface area contributed by atoms with Crippen LogP contribution in [0.1, 0.15) is 17.5 Å². The Hall–Kier alpha value is -2.89. The molecule has 0 unspecified atom stereocenters. The third-order valence-corrected chi connectivity index (χ3v) is 3.33. The highest BCUT2D eigenvalue weighted by atomic mass is 19.1. The van der Waals surface area contributed by atoms with E-state index in [4.69, 9.17) is 4.74 Å². The second-order valence-corrected chi connectivity index (χ2v) is 5.34. The normalized spacial score (nSPS) is 10.1. The van der Waals surface area contributed by atoms with Crippen LogP contribution in [0.5, 0.6) is 5.75 Å². The smallest absolute Gasteiger partial charge is 0.233 e. The van der Waals surface area contributed by atoms with Gasteiger partial charge in [0, 0.05) is 12.2 Å². The summed E-state index contributed by atoms with van der Waals surface area (Å²) in [7, 11) is 1.38. The highest BCUT2D eigenvalue weighted by Gasteiger charge is 2.10. The Morgan fingerprint density at radius 2 is 1.92 bits per heavy atom. The Labute approximate surface area is 139 Å². The maximum Gasteiger partial charge on any atom is 0.233 e. The number of carbonyl (C=O) groups is 2. The standard InChI is InChI=1S/C18H19FN2O3/c1-12-4-3-5-14(8-12)21-18(23)10-17(22)20-11-13-6-7-16(24-2)15(19)9-13/h3-9H,10-11H2,1-2H3,(H,20,22)(H,21,23). The minimum absolute atomic E-state index is 0.136. The minimum Gasteiger partial charge on any atom is -0.494 e. The number of methoxy groups -OCH3 is 1. The first-order valence-electron chi connectivity index (χ1n) is 7.43. The summed E-state index contributed by atoms with van der Waals surface area (Å²) in [6.07, 6.45) is -0.299. The number of rotatable bonds is 6. The Balaban J connectivity index is 1.82. The van der Waals surface area contributed by atoms with E-state index in [1.807, 2.05) is 25.1 Å². The van der Waals surface area contributed by atoms with Gasteiger partial charge in [0.15, 0.2) is 11.6 Å². The average Bonchev–Trinajstić information content (AvgIpc) is 2.53. The number of benzene rings is 2.